The van der Waals surface area contributed by atoms with E-state index in [9.17, 15) is 0 Å². The Morgan fingerprint density at radius 1 is 1.22 bits per heavy atom. The average Bonchev–Trinajstić information content (AvgIpc) is 2.99. The first-order valence-corrected chi connectivity index (χ1v) is 7.27. The van der Waals surface area contributed by atoms with Crippen LogP contribution in [0.15, 0.2) is 60.0 Å². The van der Waals surface area contributed by atoms with Gasteiger partial charge in [0.2, 0.25) is 0 Å². The highest BCUT2D eigenvalue weighted by molar-refractivity contribution is 6.13. The minimum atomic E-state index is 0. The third kappa shape index (κ3) is 4.09. The fourth-order valence-electron chi connectivity index (χ4n) is 2.21. The van der Waals surface area contributed by atoms with Crippen LogP contribution in [-0.4, -0.2) is 28.8 Å². The van der Waals surface area contributed by atoms with Crippen molar-refractivity contribution in [2.24, 2.45) is 10.9 Å². The fourth-order valence-corrected chi connectivity index (χ4v) is 2.21. The summed E-state index contributed by atoms with van der Waals surface area (Å²) in [6.07, 6.45) is 4.36. The van der Waals surface area contributed by atoms with Crippen molar-refractivity contribution in [3.8, 4) is 0 Å². The van der Waals surface area contributed by atoms with Crippen LogP contribution in [0.3, 0.4) is 0 Å². The van der Waals surface area contributed by atoms with Crippen molar-refractivity contribution in [3.63, 3.8) is 0 Å². The van der Waals surface area contributed by atoms with Crippen molar-refractivity contribution in [1.82, 2.24) is 9.97 Å². The Kier molecular flexibility index (Phi) is 6.14. The first kappa shape index (κ1) is 17.0. The SMILES string of the molecule is Cl.NCCCON=C(c1ccccc1)c1cc2ccncc2[nH]1. The maximum absolute atomic E-state index is 5.48. The second kappa shape index (κ2) is 8.31. The third-order valence-corrected chi connectivity index (χ3v) is 3.32. The molecule has 0 aliphatic carbocycles. The number of benzene rings is 1. The molecule has 2 heterocycles. The molecule has 0 saturated carbocycles. The van der Waals surface area contributed by atoms with Gasteiger partial charge >= 0.3 is 0 Å². The first-order valence-electron chi connectivity index (χ1n) is 7.27. The van der Waals surface area contributed by atoms with E-state index in [1.165, 1.54) is 0 Å². The van der Waals surface area contributed by atoms with Gasteiger partial charge < -0.3 is 15.6 Å². The molecule has 5 nitrogen and oxygen atoms in total. The smallest absolute Gasteiger partial charge is 0.133 e. The van der Waals surface area contributed by atoms with E-state index in [1.54, 1.807) is 12.4 Å². The zero-order chi connectivity index (χ0) is 15.2. The number of aromatic nitrogens is 2. The molecule has 0 fully saturated rings. The molecule has 1 aromatic carbocycles. The summed E-state index contributed by atoms with van der Waals surface area (Å²) in [7, 11) is 0. The normalized spacial score (nSPS) is 11.3. The van der Waals surface area contributed by atoms with Gasteiger partial charge in [-0.1, -0.05) is 35.5 Å². The van der Waals surface area contributed by atoms with Gasteiger partial charge in [-0.15, -0.1) is 12.4 Å². The number of nitrogens with two attached hydrogens (primary N) is 1. The summed E-state index contributed by atoms with van der Waals surface area (Å²) >= 11 is 0. The number of nitrogens with one attached hydrogen (secondary N) is 1. The summed E-state index contributed by atoms with van der Waals surface area (Å²) in [5, 5.41) is 5.40. The molecule has 0 aliphatic heterocycles. The summed E-state index contributed by atoms with van der Waals surface area (Å²) in [5.41, 5.74) is 9.12. The Hall–Kier alpha value is -2.37. The summed E-state index contributed by atoms with van der Waals surface area (Å²) in [5.74, 6) is 0. The Morgan fingerprint density at radius 2 is 2.04 bits per heavy atom. The van der Waals surface area contributed by atoms with Crippen LogP contribution in [0.1, 0.15) is 17.7 Å². The second-order valence-corrected chi connectivity index (χ2v) is 4.93. The quantitative estimate of drug-likeness (QED) is 0.414. The summed E-state index contributed by atoms with van der Waals surface area (Å²) in [6.45, 7) is 1.10. The lowest BCUT2D eigenvalue weighted by molar-refractivity contribution is 0.143. The maximum atomic E-state index is 5.48. The molecule has 3 rings (SSSR count). The van der Waals surface area contributed by atoms with E-state index in [-0.39, 0.29) is 12.4 Å². The minimum absolute atomic E-state index is 0. The number of halogens is 1. The third-order valence-electron chi connectivity index (χ3n) is 3.32. The van der Waals surface area contributed by atoms with Gasteiger partial charge in [-0.25, -0.2) is 0 Å². The van der Waals surface area contributed by atoms with Gasteiger partial charge in [0.1, 0.15) is 12.3 Å². The van der Waals surface area contributed by atoms with Crippen LogP contribution in [0.25, 0.3) is 10.9 Å². The molecule has 0 unspecified atom stereocenters. The highest BCUT2D eigenvalue weighted by atomic mass is 35.5. The summed E-state index contributed by atoms with van der Waals surface area (Å²) < 4.78 is 0. The number of rotatable bonds is 6. The van der Waals surface area contributed by atoms with Gasteiger partial charge in [0, 0.05) is 17.1 Å². The van der Waals surface area contributed by atoms with E-state index in [0.29, 0.717) is 13.2 Å². The number of nitrogens with zero attached hydrogens (tertiary/aromatic N) is 2. The van der Waals surface area contributed by atoms with Gasteiger partial charge in [0.05, 0.1) is 17.4 Å². The predicted octanol–water partition coefficient (Wildman–Crippen LogP) is 3.10. The maximum Gasteiger partial charge on any atom is 0.133 e. The average molecular weight is 331 g/mol. The van der Waals surface area contributed by atoms with Crippen LogP contribution in [0, 0.1) is 0 Å². The Balaban J connectivity index is 0.00000192. The van der Waals surface area contributed by atoms with Crippen LogP contribution in [-0.2, 0) is 4.84 Å². The van der Waals surface area contributed by atoms with Crippen molar-refractivity contribution < 1.29 is 4.84 Å². The lowest BCUT2D eigenvalue weighted by Crippen LogP contribution is -2.07. The van der Waals surface area contributed by atoms with Gasteiger partial charge in [-0.05, 0) is 25.1 Å². The van der Waals surface area contributed by atoms with Gasteiger partial charge in [0.25, 0.3) is 0 Å². The molecule has 23 heavy (non-hydrogen) atoms. The van der Waals surface area contributed by atoms with Crippen LogP contribution in [0.5, 0.6) is 0 Å². The number of pyridine rings is 1. The molecule has 0 spiro atoms. The zero-order valence-corrected chi connectivity index (χ0v) is 13.4. The molecule has 120 valence electrons. The molecule has 0 bridgehead atoms. The van der Waals surface area contributed by atoms with E-state index < -0.39 is 0 Å². The van der Waals surface area contributed by atoms with Gasteiger partial charge in [0.15, 0.2) is 0 Å². The van der Waals surface area contributed by atoms with Gasteiger partial charge in [-0.3, -0.25) is 4.98 Å². The predicted molar refractivity (Wildman–Crippen MR) is 95.0 cm³/mol. The van der Waals surface area contributed by atoms with E-state index in [0.717, 1.165) is 34.3 Å². The van der Waals surface area contributed by atoms with Crippen LogP contribution in [0.2, 0.25) is 0 Å². The van der Waals surface area contributed by atoms with Crippen molar-refractivity contribution in [2.75, 3.05) is 13.2 Å². The van der Waals surface area contributed by atoms with Crippen molar-refractivity contribution >= 4 is 29.0 Å². The Bertz CT molecular complexity index is 737. The minimum Gasteiger partial charge on any atom is -0.395 e. The molecule has 6 heteroatoms. The molecule has 0 radical (unpaired) electrons. The van der Waals surface area contributed by atoms with E-state index in [1.807, 2.05) is 36.4 Å². The van der Waals surface area contributed by atoms with E-state index in [4.69, 9.17) is 10.6 Å². The van der Waals surface area contributed by atoms with Crippen molar-refractivity contribution in [3.05, 3.63) is 66.1 Å². The lowest BCUT2D eigenvalue weighted by atomic mass is 10.1. The molecule has 3 aromatic rings. The summed E-state index contributed by atoms with van der Waals surface area (Å²) in [4.78, 5) is 12.9. The highest BCUT2D eigenvalue weighted by Gasteiger charge is 2.11. The standard InChI is InChI=1S/C17H18N4O.ClH/c18-8-4-10-22-21-17(13-5-2-1-3-6-13)15-11-14-7-9-19-12-16(14)20-15;/h1-3,5-7,9,11-12,20H,4,8,10,18H2;1H. The van der Waals surface area contributed by atoms with Crippen LogP contribution >= 0.6 is 12.4 Å². The van der Waals surface area contributed by atoms with Crippen molar-refractivity contribution in [1.29, 1.82) is 0 Å². The zero-order valence-electron chi connectivity index (χ0n) is 12.6. The van der Waals surface area contributed by atoms with Crippen molar-refractivity contribution in [2.45, 2.75) is 6.42 Å². The molecular weight excluding hydrogens is 312 g/mol. The molecule has 2 aromatic heterocycles. The summed E-state index contributed by atoms with van der Waals surface area (Å²) in [6, 6.07) is 14.0. The van der Waals surface area contributed by atoms with Crippen LogP contribution in [0.4, 0.5) is 0 Å². The van der Waals surface area contributed by atoms with Crippen LogP contribution < -0.4 is 5.73 Å². The molecular formula is C17H19ClN4O. The van der Waals surface area contributed by atoms with E-state index in [2.05, 4.69) is 21.2 Å². The topological polar surface area (TPSA) is 76.3 Å². The largest absolute Gasteiger partial charge is 0.395 e. The second-order valence-electron chi connectivity index (χ2n) is 4.93. The first-order chi connectivity index (χ1) is 10.9. The number of aromatic amines is 1. The lowest BCUT2D eigenvalue weighted by Gasteiger charge is -2.05. The highest BCUT2D eigenvalue weighted by Crippen LogP contribution is 2.17. The van der Waals surface area contributed by atoms with E-state index >= 15 is 0 Å². The Morgan fingerprint density at radius 3 is 2.78 bits per heavy atom. The van der Waals surface area contributed by atoms with Gasteiger partial charge in [-0.2, -0.15) is 0 Å². The molecule has 0 aliphatic rings. The number of H-pyrrole nitrogens is 1. The fraction of sp³-hybridized carbons (Fsp3) is 0.176. The number of hydrogen-bond acceptors (Lipinski definition) is 4. The molecule has 0 amide bonds. The molecule has 0 atom stereocenters. The molecule has 0 saturated heterocycles. The number of oxime groups is 1. The Labute approximate surface area is 141 Å². The monoisotopic (exact) mass is 330 g/mol. The molecule has 3 N–H and O–H groups in total. The number of fused-ring (bicyclic) bond motifs is 1. The number of hydrogen-bond donors (Lipinski definition) is 2.